The summed E-state index contributed by atoms with van der Waals surface area (Å²) >= 11 is 0. The maximum absolute atomic E-state index is 14.6. The number of anilines is 2. The molecule has 0 atom stereocenters. The number of carbonyl (C=O) groups is 1. The van der Waals surface area contributed by atoms with E-state index in [1.165, 1.54) is 10.5 Å². The van der Waals surface area contributed by atoms with E-state index in [1.54, 1.807) is 31.5 Å². The van der Waals surface area contributed by atoms with Crippen molar-refractivity contribution in [2.24, 2.45) is 0 Å². The second kappa shape index (κ2) is 10.5. The highest BCUT2D eigenvalue weighted by atomic mass is 19.4. The number of rotatable bonds is 6. The van der Waals surface area contributed by atoms with Crippen LogP contribution in [0.2, 0.25) is 0 Å². The van der Waals surface area contributed by atoms with Crippen LogP contribution in [-0.2, 0) is 6.54 Å². The number of piperidine rings is 1. The van der Waals surface area contributed by atoms with Gasteiger partial charge in [-0.25, -0.2) is 9.37 Å². The first kappa shape index (κ1) is 27.8. The van der Waals surface area contributed by atoms with Gasteiger partial charge in [-0.3, -0.25) is 10.1 Å². The van der Waals surface area contributed by atoms with E-state index in [1.807, 2.05) is 48.2 Å². The maximum atomic E-state index is 14.6. The number of nitrogens with zero attached hydrogens (tertiary/aromatic N) is 3. The number of aromatic amines is 1. The van der Waals surface area contributed by atoms with E-state index in [2.05, 4.69) is 20.6 Å². The predicted molar refractivity (Wildman–Crippen MR) is 154 cm³/mol. The van der Waals surface area contributed by atoms with E-state index in [0.717, 1.165) is 22.3 Å². The summed E-state index contributed by atoms with van der Waals surface area (Å²) in [5.41, 5.74) is 2.36. The topological polar surface area (TPSA) is 77.5 Å². The van der Waals surface area contributed by atoms with Crippen LogP contribution in [0.15, 0.2) is 67.0 Å². The lowest BCUT2D eigenvalue weighted by molar-refractivity contribution is -0.203. The van der Waals surface area contributed by atoms with Gasteiger partial charge in [0.15, 0.2) is 11.5 Å². The zero-order valence-electron chi connectivity index (χ0n) is 23.1. The molecule has 0 saturated carbocycles. The van der Waals surface area contributed by atoms with Crippen LogP contribution >= 0.6 is 0 Å². The number of aromatic nitrogens is 3. The van der Waals surface area contributed by atoms with Gasteiger partial charge in [0.05, 0.1) is 22.5 Å². The van der Waals surface area contributed by atoms with E-state index in [0.29, 0.717) is 16.8 Å². The molecular weight excluding hydrogens is 548 g/mol. The van der Waals surface area contributed by atoms with E-state index < -0.39 is 23.4 Å². The Morgan fingerprint density at radius 2 is 1.79 bits per heavy atom. The minimum absolute atomic E-state index is 0.113. The number of pyridine rings is 1. The second-order valence-electron chi connectivity index (χ2n) is 10.9. The van der Waals surface area contributed by atoms with Crippen molar-refractivity contribution in [3.63, 3.8) is 0 Å². The van der Waals surface area contributed by atoms with Crippen LogP contribution in [0.5, 0.6) is 0 Å². The zero-order chi connectivity index (χ0) is 29.6. The van der Waals surface area contributed by atoms with Crippen molar-refractivity contribution in [1.29, 1.82) is 0 Å². The zero-order valence-corrected chi connectivity index (χ0v) is 23.1. The summed E-state index contributed by atoms with van der Waals surface area (Å²) in [7, 11) is 0. The van der Waals surface area contributed by atoms with Gasteiger partial charge in [0, 0.05) is 54.9 Å². The number of alkyl halides is 3. The fraction of sp³-hybridized carbons (Fsp3) is 0.290. The molecule has 218 valence electrons. The lowest BCUT2D eigenvalue weighted by Crippen LogP contribution is -2.61. The largest absolute Gasteiger partial charge is 0.406 e. The van der Waals surface area contributed by atoms with Crippen LogP contribution in [0.3, 0.4) is 0 Å². The number of hydrogen-bond donors (Lipinski definition) is 3. The van der Waals surface area contributed by atoms with Crippen LogP contribution < -0.4 is 15.5 Å². The molecule has 1 fully saturated rings. The second-order valence-corrected chi connectivity index (χ2v) is 10.9. The molecule has 3 N–H and O–H groups in total. The molecule has 0 spiro atoms. The first-order chi connectivity index (χ1) is 20.0. The minimum atomic E-state index is -4.41. The Hall–Kier alpha value is -4.38. The van der Waals surface area contributed by atoms with E-state index in [9.17, 15) is 22.4 Å². The standard InChI is InChI=1S/C31H30F4N6O/c1-19-14-24-26(40-12-10-30(11-13-40,31(33,34)35)36-16-21-6-4-3-5-7-21)9-8-23(27(24)37-19)29(42)39-22-15-25(32)28-38-20(2)17-41(28)18-22/h3-9,14-15,17-18,36-37H,10-13,16H2,1-2H3,(H,39,42). The third kappa shape index (κ3) is 5.09. The molecule has 0 bridgehead atoms. The third-order valence-electron chi connectivity index (χ3n) is 8.01. The molecule has 1 aliphatic rings. The fourth-order valence-corrected chi connectivity index (χ4v) is 5.81. The number of amides is 1. The molecule has 2 aromatic carbocycles. The molecule has 3 aromatic heterocycles. The summed E-state index contributed by atoms with van der Waals surface area (Å²) < 4.78 is 59.2. The van der Waals surface area contributed by atoms with Crippen LogP contribution in [0.25, 0.3) is 16.6 Å². The van der Waals surface area contributed by atoms with E-state index in [4.69, 9.17) is 0 Å². The molecule has 1 aliphatic heterocycles. The lowest BCUT2D eigenvalue weighted by atomic mass is 9.86. The van der Waals surface area contributed by atoms with Crippen molar-refractivity contribution in [3.05, 3.63) is 95.3 Å². The highest BCUT2D eigenvalue weighted by Gasteiger charge is 2.55. The summed E-state index contributed by atoms with van der Waals surface area (Å²) in [5.74, 6) is -1.00. The number of nitrogens with one attached hydrogen (secondary N) is 3. The summed E-state index contributed by atoms with van der Waals surface area (Å²) in [6.07, 6.45) is -1.38. The maximum Gasteiger partial charge on any atom is 0.406 e. The Kier molecular flexibility index (Phi) is 6.92. The van der Waals surface area contributed by atoms with Gasteiger partial charge in [-0.05, 0) is 50.5 Å². The van der Waals surface area contributed by atoms with Gasteiger partial charge in [-0.15, -0.1) is 0 Å². The first-order valence-electron chi connectivity index (χ1n) is 13.7. The molecule has 6 rings (SSSR count). The summed E-state index contributed by atoms with van der Waals surface area (Å²) in [6, 6.07) is 15.6. The number of benzene rings is 2. The highest BCUT2D eigenvalue weighted by Crippen LogP contribution is 2.41. The Bertz CT molecular complexity index is 1770. The molecule has 42 heavy (non-hydrogen) atoms. The molecule has 5 aromatic rings. The molecule has 0 radical (unpaired) electrons. The van der Waals surface area contributed by atoms with Gasteiger partial charge in [-0.1, -0.05) is 30.3 Å². The smallest absolute Gasteiger partial charge is 0.371 e. The normalized spacial score (nSPS) is 15.4. The SMILES string of the molecule is Cc1cn2cc(NC(=O)c3ccc(N4CCC(NCc5ccccc5)(C(F)(F)F)CC4)c4cc(C)[nH]c34)cc(F)c2n1. The van der Waals surface area contributed by atoms with Gasteiger partial charge in [-0.2, -0.15) is 13.2 Å². The summed E-state index contributed by atoms with van der Waals surface area (Å²) in [4.78, 5) is 22.6. The monoisotopic (exact) mass is 578 g/mol. The van der Waals surface area contributed by atoms with Gasteiger partial charge >= 0.3 is 6.18 Å². The molecule has 0 aliphatic carbocycles. The number of carbonyl (C=O) groups excluding carboxylic acids is 1. The van der Waals surface area contributed by atoms with Gasteiger partial charge in [0.2, 0.25) is 0 Å². The van der Waals surface area contributed by atoms with Crippen molar-refractivity contribution < 1.29 is 22.4 Å². The fourth-order valence-electron chi connectivity index (χ4n) is 5.81. The van der Waals surface area contributed by atoms with Gasteiger partial charge < -0.3 is 19.6 Å². The number of halogens is 4. The average molecular weight is 579 g/mol. The summed E-state index contributed by atoms with van der Waals surface area (Å²) in [6.45, 7) is 4.12. The Morgan fingerprint density at radius 1 is 1.05 bits per heavy atom. The van der Waals surface area contributed by atoms with E-state index in [-0.39, 0.29) is 43.8 Å². The van der Waals surface area contributed by atoms with E-state index >= 15 is 0 Å². The van der Waals surface area contributed by atoms with Crippen molar-refractivity contribution in [1.82, 2.24) is 19.7 Å². The molecule has 7 nitrogen and oxygen atoms in total. The molecular formula is C31H30F4N6O. The van der Waals surface area contributed by atoms with Crippen molar-refractivity contribution in [2.45, 2.75) is 44.9 Å². The highest BCUT2D eigenvalue weighted by molar-refractivity contribution is 6.14. The Labute approximate surface area is 239 Å². The number of H-pyrrole nitrogens is 1. The number of fused-ring (bicyclic) bond motifs is 2. The van der Waals surface area contributed by atoms with Crippen LogP contribution in [0, 0.1) is 19.7 Å². The Balaban J connectivity index is 1.23. The lowest BCUT2D eigenvalue weighted by Gasteiger charge is -2.44. The van der Waals surface area contributed by atoms with Gasteiger partial charge in [0.25, 0.3) is 5.91 Å². The predicted octanol–water partition coefficient (Wildman–Crippen LogP) is 6.51. The molecule has 11 heteroatoms. The average Bonchev–Trinajstić information content (AvgIpc) is 3.53. The Morgan fingerprint density at radius 3 is 2.50 bits per heavy atom. The quantitative estimate of drug-likeness (QED) is 0.201. The number of hydrogen-bond acceptors (Lipinski definition) is 4. The van der Waals surface area contributed by atoms with Crippen molar-refractivity contribution in [3.8, 4) is 0 Å². The van der Waals surface area contributed by atoms with Crippen molar-refractivity contribution in [2.75, 3.05) is 23.3 Å². The van der Waals surface area contributed by atoms with Crippen molar-refractivity contribution >= 4 is 33.8 Å². The summed E-state index contributed by atoms with van der Waals surface area (Å²) in [5, 5.41) is 6.33. The number of aryl methyl sites for hydroxylation is 2. The molecule has 4 heterocycles. The molecule has 1 saturated heterocycles. The van der Waals surface area contributed by atoms with Crippen LogP contribution in [0.1, 0.15) is 40.2 Å². The van der Waals surface area contributed by atoms with Crippen LogP contribution in [-0.4, -0.2) is 45.1 Å². The van der Waals surface area contributed by atoms with Gasteiger partial charge in [0.1, 0.15) is 5.54 Å². The molecule has 1 amide bonds. The molecule has 0 unspecified atom stereocenters. The third-order valence-corrected chi connectivity index (χ3v) is 8.01. The van der Waals surface area contributed by atoms with Crippen LogP contribution in [0.4, 0.5) is 28.9 Å². The first-order valence-corrected chi connectivity index (χ1v) is 13.7. The number of imidazole rings is 1. The minimum Gasteiger partial charge on any atom is -0.371 e.